The summed E-state index contributed by atoms with van der Waals surface area (Å²) >= 11 is 0. The topological polar surface area (TPSA) is 101 Å². The lowest BCUT2D eigenvalue weighted by atomic mass is 10.1. The van der Waals surface area contributed by atoms with Gasteiger partial charge in [0.2, 0.25) is 0 Å². The molecule has 0 saturated carbocycles. The summed E-state index contributed by atoms with van der Waals surface area (Å²) < 4.78 is 53.9. The summed E-state index contributed by atoms with van der Waals surface area (Å²) in [5.41, 5.74) is -2.24. The highest BCUT2D eigenvalue weighted by atomic mass is 19.4. The molecule has 0 radical (unpaired) electrons. The lowest BCUT2D eigenvalue weighted by Gasteiger charge is -2.16. The Morgan fingerprint density at radius 2 is 1.58 bits per heavy atom. The molecule has 0 aliphatic carbocycles. The van der Waals surface area contributed by atoms with Gasteiger partial charge in [-0.2, -0.15) is 13.2 Å². The molecule has 2 amide bonds. The first-order valence-electron chi connectivity index (χ1n) is 9.30. The van der Waals surface area contributed by atoms with Crippen LogP contribution in [0.15, 0.2) is 60.7 Å². The summed E-state index contributed by atoms with van der Waals surface area (Å²) in [5, 5.41) is 15.4. The quantitative estimate of drug-likeness (QED) is 0.295. The van der Waals surface area contributed by atoms with Crippen molar-refractivity contribution in [3.05, 3.63) is 98.8 Å². The number of non-ortho nitro benzene ring substituents is 1. The van der Waals surface area contributed by atoms with E-state index in [-0.39, 0.29) is 22.5 Å². The molecule has 3 aromatic rings. The van der Waals surface area contributed by atoms with Crippen molar-refractivity contribution >= 4 is 28.9 Å². The predicted molar refractivity (Wildman–Crippen MR) is 112 cm³/mol. The SMILES string of the molecule is Cc1ccc([N+](=O)[O-])cc1C(=O)Nc1ccc(NC(=O)c2ccc(F)cc2)cc1C(F)(F)F. The smallest absolute Gasteiger partial charge is 0.322 e. The predicted octanol–water partition coefficient (Wildman–Crippen LogP) is 5.57. The zero-order valence-electron chi connectivity index (χ0n) is 16.9. The van der Waals surface area contributed by atoms with Crippen molar-refractivity contribution in [2.24, 2.45) is 0 Å². The molecule has 0 bridgehead atoms. The molecule has 0 fully saturated rings. The Hall–Kier alpha value is -4.28. The molecule has 11 heteroatoms. The van der Waals surface area contributed by atoms with Gasteiger partial charge in [0.25, 0.3) is 17.5 Å². The van der Waals surface area contributed by atoms with Crippen LogP contribution >= 0.6 is 0 Å². The standard InChI is InChI=1S/C22H15F4N3O4/c1-12-2-8-16(29(32)33)11-17(12)21(31)28-19-9-7-15(10-18(19)22(24,25)26)27-20(30)13-3-5-14(23)6-4-13/h2-11H,1H3,(H,27,30)(H,28,31). The maximum absolute atomic E-state index is 13.6. The normalized spacial score (nSPS) is 11.1. The van der Waals surface area contributed by atoms with Crippen LogP contribution in [0.5, 0.6) is 0 Å². The van der Waals surface area contributed by atoms with Gasteiger partial charge in [-0.05, 0) is 55.0 Å². The maximum atomic E-state index is 13.6. The fourth-order valence-electron chi connectivity index (χ4n) is 2.93. The number of rotatable bonds is 5. The Bertz CT molecular complexity index is 1240. The van der Waals surface area contributed by atoms with Crippen LogP contribution in [-0.2, 0) is 6.18 Å². The third-order valence-electron chi connectivity index (χ3n) is 4.61. The van der Waals surface area contributed by atoms with Crippen LogP contribution in [0.4, 0.5) is 34.6 Å². The van der Waals surface area contributed by atoms with E-state index < -0.39 is 40.0 Å². The van der Waals surface area contributed by atoms with Crippen molar-refractivity contribution in [1.29, 1.82) is 0 Å². The second kappa shape index (κ2) is 9.07. The van der Waals surface area contributed by atoms with E-state index in [2.05, 4.69) is 10.6 Å². The third-order valence-corrected chi connectivity index (χ3v) is 4.61. The van der Waals surface area contributed by atoms with E-state index in [0.29, 0.717) is 11.6 Å². The summed E-state index contributed by atoms with van der Waals surface area (Å²) in [6, 6.07) is 10.6. The number of nitrogens with zero attached hydrogens (tertiary/aromatic N) is 1. The van der Waals surface area contributed by atoms with Gasteiger partial charge in [0, 0.05) is 28.9 Å². The summed E-state index contributed by atoms with van der Waals surface area (Å²) in [7, 11) is 0. The number of alkyl halides is 3. The number of nitrogens with one attached hydrogen (secondary N) is 2. The van der Waals surface area contributed by atoms with E-state index >= 15 is 0 Å². The summed E-state index contributed by atoms with van der Waals surface area (Å²) in [6.45, 7) is 1.48. The zero-order valence-corrected chi connectivity index (χ0v) is 16.9. The van der Waals surface area contributed by atoms with Gasteiger partial charge in [-0.15, -0.1) is 0 Å². The molecule has 0 aromatic heterocycles. The van der Waals surface area contributed by atoms with Crippen LogP contribution in [0.25, 0.3) is 0 Å². The van der Waals surface area contributed by atoms with Crippen molar-refractivity contribution in [1.82, 2.24) is 0 Å². The number of anilines is 2. The molecule has 7 nitrogen and oxygen atoms in total. The highest BCUT2D eigenvalue weighted by Gasteiger charge is 2.34. The van der Waals surface area contributed by atoms with Crippen LogP contribution in [-0.4, -0.2) is 16.7 Å². The van der Waals surface area contributed by atoms with E-state index in [4.69, 9.17) is 0 Å². The molecule has 0 unspecified atom stereocenters. The first kappa shape index (κ1) is 23.4. The molecule has 3 rings (SSSR count). The Labute approximate surface area is 184 Å². The molecule has 33 heavy (non-hydrogen) atoms. The van der Waals surface area contributed by atoms with Crippen LogP contribution in [0.3, 0.4) is 0 Å². The molecule has 0 atom stereocenters. The Kier molecular flexibility index (Phi) is 6.43. The van der Waals surface area contributed by atoms with Crippen molar-refractivity contribution < 1.29 is 32.1 Å². The summed E-state index contributed by atoms with van der Waals surface area (Å²) in [6.07, 6.45) is -4.89. The minimum Gasteiger partial charge on any atom is -0.322 e. The number of nitro groups is 1. The van der Waals surface area contributed by atoms with E-state index in [0.717, 1.165) is 30.3 Å². The van der Waals surface area contributed by atoms with Crippen molar-refractivity contribution in [3.8, 4) is 0 Å². The van der Waals surface area contributed by atoms with Crippen LogP contribution in [0, 0.1) is 22.9 Å². The molecular weight excluding hydrogens is 446 g/mol. The minimum absolute atomic E-state index is 0.0310. The van der Waals surface area contributed by atoms with Gasteiger partial charge < -0.3 is 10.6 Å². The zero-order chi connectivity index (χ0) is 24.3. The molecule has 0 spiro atoms. The highest BCUT2D eigenvalue weighted by molar-refractivity contribution is 6.07. The molecule has 3 aromatic carbocycles. The second-order valence-corrected chi connectivity index (χ2v) is 6.93. The van der Waals surface area contributed by atoms with Gasteiger partial charge in [0.05, 0.1) is 16.2 Å². The number of carbonyl (C=O) groups is 2. The van der Waals surface area contributed by atoms with Crippen LogP contribution in [0.1, 0.15) is 31.8 Å². The van der Waals surface area contributed by atoms with E-state index in [9.17, 15) is 37.3 Å². The van der Waals surface area contributed by atoms with E-state index in [1.807, 2.05) is 0 Å². The van der Waals surface area contributed by atoms with Crippen molar-refractivity contribution in [2.45, 2.75) is 13.1 Å². The maximum Gasteiger partial charge on any atom is 0.418 e. The largest absolute Gasteiger partial charge is 0.418 e. The lowest BCUT2D eigenvalue weighted by molar-refractivity contribution is -0.384. The van der Waals surface area contributed by atoms with Crippen LogP contribution < -0.4 is 10.6 Å². The van der Waals surface area contributed by atoms with Gasteiger partial charge in [-0.1, -0.05) is 6.07 Å². The molecule has 0 aliphatic heterocycles. The molecule has 170 valence electrons. The number of amides is 2. The fraction of sp³-hybridized carbons (Fsp3) is 0.0909. The number of nitro benzene ring substituents is 1. The lowest BCUT2D eigenvalue weighted by Crippen LogP contribution is -2.19. The Morgan fingerprint density at radius 1 is 0.909 bits per heavy atom. The summed E-state index contributed by atoms with van der Waals surface area (Å²) in [5.74, 6) is -2.30. The molecule has 0 aliphatic rings. The molecular formula is C22H15F4N3O4. The molecule has 2 N–H and O–H groups in total. The third kappa shape index (κ3) is 5.50. The van der Waals surface area contributed by atoms with Crippen LogP contribution in [0.2, 0.25) is 0 Å². The Morgan fingerprint density at radius 3 is 2.18 bits per heavy atom. The van der Waals surface area contributed by atoms with Crippen molar-refractivity contribution in [3.63, 3.8) is 0 Å². The fourth-order valence-corrected chi connectivity index (χ4v) is 2.93. The first-order chi connectivity index (χ1) is 15.5. The minimum atomic E-state index is -4.89. The number of carbonyl (C=O) groups excluding carboxylic acids is 2. The molecule has 0 saturated heterocycles. The van der Waals surface area contributed by atoms with Crippen molar-refractivity contribution in [2.75, 3.05) is 10.6 Å². The van der Waals surface area contributed by atoms with Gasteiger partial charge in [-0.3, -0.25) is 19.7 Å². The summed E-state index contributed by atoms with van der Waals surface area (Å²) in [4.78, 5) is 35.0. The van der Waals surface area contributed by atoms with E-state index in [1.165, 1.54) is 31.2 Å². The van der Waals surface area contributed by atoms with Gasteiger partial charge in [0.15, 0.2) is 0 Å². The second-order valence-electron chi connectivity index (χ2n) is 6.93. The average molecular weight is 461 g/mol. The average Bonchev–Trinajstić information content (AvgIpc) is 2.74. The number of hydrogen-bond donors (Lipinski definition) is 2. The Balaban J connectivity index is 1.89. The number of hydrogen-bond acceptors (Lipinski definition) is 4. The molecule has 0 heterocycles. The first-order valence-corrected chi connectivity index (χ1v) is 9.30. The van der Waals surface area contributed by atoms with E-state index in [1.54, 1.807) is 0 Å². The van der Waals surface area contributed by atoms with Gasteiger partial charge >= 0.3 is 6.18 Å². The number of halogens is 4. The van der Waals surface area contributed by atoms with Gasteiger partial charge in [0.1, 0.15) is 5.82 Å². The monoisotopic (exact) mass is 461 g/mol. The van der Waals surface area contributed by atoms with Gasteiger partial charge in [-0.25, -0.2) is 4.39 Å². The highest BCUT2D eigenvalue weighted by Crippen LogP contribution is 2.37. The number of aryl methyl sites for hydroxylation is 1. The number of benzene rings is 3.